The highest BCUT2D eigenvalue weighted by Crippen LogP contribution is 2.13. The van der Waals surface area contributed by atoms with Gasteiger partial charge in [-0.05, 0) is 19.1 Å². The van der Waals surface area contributed by atoms with E-state index in [4.69, 9.17) is 5.11 Å². The van der Waals surface area contributed by atoms with E-state index in [0.29, 0.717) is 5.75 Å². The van der Waals surface area contributed by atoms with Gasteiger partial charge in [0.15, 0.2) is 9.84 Å². The van der Waals surface area contributed by atoms with E-state index in [1.54, 1.807) is 24.3 Å². The molecule has 4 nitrogen and oxygen atoms in total. The molecule has 0 heterocycles. The smallest absolute Gasteiger partial charge is 0.313 e. The molecule has 18 heavy (non-hydrogen) atoms. The molecule has 0 spiro atoms. The monoisotopic (exact) mass is 286 g/mol. The van der Waals surface area contributed by atoms with Gasteiger partial charge < -0.3 is 5.11 Å². The largest absolute Gasteiger partial charge is 0.481 e. The maximum Gasteiger partial charge on any atom is 0.313 e. The van der Waals surface area contributed by atoms with Crippen LogP contribution in [0, 0.1) is 6.92 Å². The van der Waals surface area contributed by atoms with Crippen molar-refractivity contribution >= 4 is 27.6 Å². The number of aliphatic carboxylic acids is 1. The lowest BCUT2D eigenvalue weighted by Crippen LogP contribution is -1.99. The van der Waals surface area contributed by atoms with Crippen molar-refractivity contribution in [2.24, 2.45) is 0 Å². The van der Waals surface area contributed by atoms with Crippen molar-refractivity contribution in [1.29, 1.82) is 0 Å². The van der Waals surface area contributed by atoms with Gasteiger partial charge in [0, 0.05) is 11.2 Å². The van der Waals surface area contributed by atoms with Crippen LogP contribution in [0.3, 0.4) is 0 Å². The summed E-state index contributed by atoms with van der Waals surface area (Å²) in [7, 11) is -3.42. The highest BCUT2D eigenvalue weighted by molar-refractivity contribution is 8.00. The Kier molecular flexibility index (Phi) is 5.43. The number of benzene rings is 1. The molecule has 1 N–H and O–H groups in total. The molecular formula is C12H14O4S2. The van der Waals surface area contributed by atoms with Gasteiger partial charge in [-0.1, -0.05) is 23.8 Å². The number of hydrogen-bond donors (Lipinski definition) is 1. The molecule has 6 heteroatoms. The van der Waals surface area contributed by atoms with Gasteiger partial charge in [-0.2, -0.15) is 0 Å². The fraction of sp³-hybridized carbons (Fsp3) is 0.250. The molecule has 0 atom stereocenters. The average molecular weight is 286 g/mol. The van der Waals surface area contributed by atoms with Crippen molar-refractivity contribution < 1.29 is 18.3 Å². The molecule has 0 aliphatic heterocycles. The van der Waals surface area contributed by atoms with Crippen LogP contribution in [-0.4, -0.2) is 31.0 Å². The van der Waals surface area contributed by atoms with Gasteiger partial charge in [0.1, 0.15) is 0 Å². The summed E-state index contributed by atoms with van der Waals surface area (Å²) in [5.74, 6) is -0.582. The van der Waals surface area contributed by atoms with Gasteiger partial charge in [0.25, 0.3) is 0 Å². The first-order valence-corrected chi connectivity index (χ1v) is 7.90. The second kappa shape index (κ2) is 6.61. The van der Waals surface area contributed by atoms with Crippen LogP contribution in [-0.2, 0) is 14.6 Å². The summed E-state index contributed by atoms with van der Waals surface area (Å²) in [5.41, 5.74) is 0.995. The highest BCUT2D eigenvalue weighted by atomic mass is 32.2. The lowest BCUT2D eigenvalue weighted by Gasteiger charge is -1.99. The van der Waals surface area contributed by atoms with Crippen LogP contribution in [0.4, 0.5) is 0 Å². The minimum atomic E-state index is -3.42. The molecule has 0 amide bonds. The van der Waals surface area contributed by atoms with Gasteiger partial charge in [0.2, 0.25) is 0 Å². The Morgan fingerprint density at radius 1 is 1.33 bits per heavy atom. The number of carboxylic acid groups (broad SMARTS) is 1. The van der Waals surface area contributed by atoms with Crippen molar-refractivity contribution in [3.63, 3.8) is 0 Å². The zero-order valence-electron chi connectivity index (χ0n) is 9.87. The summed E-state index contributed by atoms with van der Waals surface area (Å²) in [5, 5.41) is 9.53. The van der Waals surface area contributed by atoms with Gasteiger partial charge in [-0.15, -0.1) is 11.8 Å². The molecule has 0 saturated carbocycles. The van der Waals surface area contributed by atoms with Crippen LogP contribution >= 0.6 is 11.8 Å². The molecule has 1 aromatic carbocycles. The van der Waals surface area contributed by atoms with Crippen LogP contribution < -0.4 is 0 Å². The Morgan fingerprint density at radius 3 is 2.50 bits per heavy atom. The predicted octanol–water partition coefficient (Wildman–Crippen LogP) is 2.10. The third kappa shape index (κ3) is 4.93. The molecule has 0 radical (unpaired) electrons. The third-order valence-electron chi connectivity index (χ3n) is 2.06. The minimum Gasteiger partial charge on any atom is -0.481 e. The first kappa shape index (κ1) is 14.8. The topological polar surface area (TPSA) is 71.4 Å². The third-order valence-corrected chi connectivity index (χ3v) is 4.42. The van der Waals surface area contributed by atoms with E-state index in [-0.39, 0.29) is 10.6 Å². The summed E-state index contributed by atoms with van der Waals surface area (Å²) in [6.07, 6.45) is 1.46. The van der Waals surface area contributed by atoms with Crippen LogP contribution in [0.25, 0.3) is 0 Å². The molecule has 0 bridgehead atoms. The molecular weight excluding hydrogens is 272 g/mol. The first-order chi connectivity index (χ1) is 8.42. The van der Waals surface area contributed by atoms with Gasteiger partial charge in [0.05, 0.1) is 10.6 Å². The van der Waals surface area contributed by atoms with E-state index < -0.39 is 15.8 Å². The Hall–Kier alpha value is -1.27. The van der Waals surface area contributed by atoms with Crippen LogP contribution in [0.1, 0.15) is 5.56 Å². The van der Waals surface area contributed by atoms with E-state index in [0.717, 1.165) is 22.7 Å². The van der Waals surface area contributed by atoms with Crippen molar-refractivity contribution in [3.05, 3.63) is 41.3 Å². The van der Waals surface area contributed by atoms with Crippen LogP contribution in [0.15, 0.2) is 40.6 Å². The van der Waals surface area contributed by atoms with Crippen molar-refractivity contribution in [2.75, 3.05) is 11.5 Å². The second-order valence-electron chi connectivity index (χ2n) is 3.64. The minimum absolute atomic E-state index is 0.0328. The molecule has 0 aromatic heterocycles. The Bertz CT molecular complexity index is 530. The highest BCUT2D eigenvalue weighted by Gasteiger charge is 2.08. The van der Waals surface area contributed by atoms with Crippen LogP contribution in [0.5, 0.6) is 0 Å². The number of rotatable bonds is 6. The lowest BCUT2D eigenvalue weighted by atomic mass is 10.2. The van der Waals surface area contributed by atoms with Crippen LogP contribution in [0.2, 0.25) is 0 Å². The Labute approximate surface area is 111 Å². The lowest BCUT2D eigenvalue weighted by molar-refractivity contribution is -0.133. The maximum absolute atomic E-state index is 11.8. The van der Waals surface area contributed by atoms with Crippen molar-refractivity contribution in [1.82, 2.24) is 0 Å². The standard InChI is InChI=1S/C12H14O4S2/c1-10-3-5-11(6-4-10)18(15,16)8-2-7-17-9-12(13)14/h2-6,8H,7,9H2,1H3,(H,13,14)/b8-2+. The number of carbonyl (C=O) groups is 1. The molecule has 0 fully saturated rings. The van der Waals surface area contributed by atoms with E-state index in [2.05, 4.69) is 0 Å². The average Bonchev–Trinajstić information content (AvgIpc) is 2.28. The SMILES string of the molecule is Cc1ccc(S(=O)(=O)/C=C/CSCC(=O)O)cc1. The summed E-state index contributed by atoms with van der Waals surface area (Å²) in [6.45, 7) is 1.88. The molecule has 1 rings (SSSR count). The van der Waals surface area contributed by atoms with E-state index in [1.807, 2.05) is 6.92 Å². The molecule has 0 unspecified atom stereocenters. The summed E-state index contributed by atoms with van der Waals surface area (Å²) < 4.78 is 23.7. The molecule has 98 valence electrons. The predicted molar refractivity (Wildman–Crippen MR) is 72.5 cm³/mol. The first-order valence-electron chi connectivity index (χ1n) is 5.19. The normalized spacial score (nSPS) is 11.8. The molecule has 0 aliphatic carbocycles. The number of hydrogen-bond acceptors (Lipinski definition) is 4. The van der Waals surface area contributed by atoms with Crippen molar-refractivity contribution in [2.45, 2.75) is 11.8 Å². The van der Waals surface area contributed by atoms with Crippen molar-refractivity contribution in [3.8, 4) is 0 Å². The number of sulfone groups is 1. The summed E-state index contributed by atoms with van der Waals surface area (Å²) in [4.78, 5) is 10.5. The molecule has 0 saturated heterocycles. The van der Waals surface area contributed by atoms with E-state index >= 15 is 0 Å². The number of aryl methyl sites for hydroxylation is 1. The van der Waals surface area contributed by atoms with E-state index in [1.165, 1.54) is 6.08 Å². The summed E-state index contributed by atoms with van der Waals surface area (Å²) >= 11 is 1.15. The summed E-state index contributed by atoms with van der Waals surface area (Å²) in [6, 6.07) is 6.58. The fourth-order valence-corrected chi connectivity index (χ4v) is 2.86. The van der Waals surface area contributed by atoms with Gasteiger partial charge >= 0.3 is 5.97 Å². The van der Waals surface area contributed by atoms with E-state index in [9.17, 15) is 13.2 Å². The maximum atomic E-state index is 11.8. The number of carboxylic acids is 1. The Morgan fingerprint density at radius 2 is 1.94 bits per heavy atom. The molecule has 1 aromatic rings. The quantitative estimate of drug-likeness (QED) is 0.811. The Balaban J connectivity index is 2.62. The zero-order valence-corrected chi connectivity index (χ0v) is 11.5. The molecule has 0 aliphatic rings. The van der Waals surface area contributed by atoms with Gasteiger partial charge in [-0.25, -0.2) is 8.42 Å². The zero-order chi connectivity index (χ0) is 13.6. The second-order valence-corrected chi connectivity index (χ2v) is 6.50. The van der Waals surface area contributed by atoms with Gasteiger partial charge in [-0.3, -0.25) is 4.79 Å². The number of thioether (sulfide) groups is 1. The fourth-order valence-electron chi connectivity index (χ4n) is 1.19.